The first-order valence-corrected chi connectivity index (χ1v) is 50.3. The van der Waals surface area contributed by atoms with E-state index in [0.29, 0.717) is 6.42 Å². The van der Waals surface area contributed by atoms with Crippen molar-refractivity contribution >= 4 is 21.6 Å². The fourth-order valence-corrected chi connectivity index (χ4v) is 16.9. The molecule has 8 atom stereocenters. The van der Waals surface area contributed by atoms with E-state index in [1.54, 1.807) is 0 Å². The highest BCUT2D eigenvalue weighted by molar-refractivity contribution is 7.61. The third-order valence-corrected chi connectivity index (χ3v) is 26.0. The van der Waals surface area contributed by atoms with Crippen LogP contribution in [0.5, 0.6) is 0 Å². The summed E-state index contributed by atoms with van der Waals surface area (Å²) in [7, 11) is -10.5. The molecule has 0 aliphatic carbocycles. The van der Waals surface area contributed by atoms with E-state index in [1.165, 1.54) is 132 Å². The standard InChI is InChI=1S/C108H179NO12P2/c1-83(2)42-23-43-84(3)44-24-45-85(4)46-25-47-86(5)48-26-49-87(6)50-27-51-88(7)52-28-53-89(8)54-29-55-90(9)56-30-57-91(10)58-31-59-92(11)60-32-61-93(12)62-33-63-94(13)64-34-65-95(14)66-35-67-96(15)68-36-69-97(16)70-37-71-98(17)72-38-73-99(18)74-39-75-100(19)76-40-77-101(20)78-41-79-102(21)80-81-118-122(114,115)121-123(116,117)120-108-105(109-103(22)111)107(113)106(112)104(82-110)119-108/h42,44,46,48,50,52,54,56,58,60,62,64,66,68,70,72,74,76,78,102,104-108,110,112-113H,23-41,43,45,47,49,51,53,55,57,59,61,63,65,67,69,71,73,75,77,79-82H2,1-22H3,(H,109,111)(H,114,115)(H,116,117)/b84-44+,85-46+,86-48+,87-50+,88-52+,89-54+,90-56+,91-58+,92-60+,93-62+,94-64+,95-66+,96-68+,97-70+,98-72+,99-74+,100-76+,101-78+/t102?,104-,105-,106-,107-,108+/m1/s1. The van der Waals surface area contributed by atoms with Crippen LogP contribution >= 0.6 is 15.6 Å². The molecule has 1 heterocycles. The second-order valence-corrected chi connectivity index (χ2v) is 39.7. The largest absolute Gasteiger partial charge is 0.483 e. The quantitative estimate of drug-likeness (QED) is 0.0249. The number of aliphatic hydroxyl groups excluding tert-OH is 3. The summed E-state index contributed by atoms with van der Waals surface area (Å²) in [5.74, 6) is -0.605. The normalized spacial score (nSPS) is 19.6. The molecule has 3 unspecified atom stereocenters. The zero-order valence-corrected chi connectivity index (χ0v) is 83.7. The van der Waals surface area contributed by atoms with E-state index >= 15 is 0 Å². The Balaban J connectivity index is 2.26. The number of hydrogen-bond donors (Lipinski definition) is 6. The van der Waals surface area contributed by atoms with Gasteiger partial charge in [0.25, 0.3) is 0 Å². The van der Waals surface area contributed by atoms with Crippen LogP contribution in [0, 0.1) is 5.92 Å². The third kappa shape index (κ3) is 65.8. The first kappa shape index (κ1) is 116. The predicted octanol–water partition coefficient (Wildman–Crippen LogP) is 32.0. The Morgan fingerprint density at radius 2 is 0.520 bits per heavy atom. The molecule has 0 bridgehead atoms. The van der Waals surface area contributed by atoms with Crippen LogP contribution in [-0.2, 0) is 32.0 Å². The van der Waals surface area contributed by atoms with Gasteiger partial charge in [-0.3, -0.25) is 13.8 Å². The van der Waals surface area contributed by atoms with Crippen molar-refractivity contribution < 1.29 is 57.1 Å². The molecule has 1 amide bonds. The molecule has 0 aromatic heterocycles. The summed E-state index contributed by atoms with van der Waals surface area (Å²) in [6.45, 7) is 47.5. The van der Waals surface area contributed by atoms with Gasteiger partial charge in [0, 0.05) is 6.92 Å². The van der Waals surface area contributed by atoms with Gasteiger partial charge in [0.15, 0.2) is 6.29 Å². The van der Waals surface area contributed by atoms with E-state index in [9.17, 15) is 39.0 Å². The van der Waals surface area contributed by atoms with Crippen LogP contribution in [0.25, 0.3) is 0 Å². The zero-order chi connectivity index (χ0) is 92.0. The van der Waals surface area contributed by atoms with Gasteiger partial charge in [0.2, 0.25) is 5.91 Å². The summed E-state index contributed by atoms with van der Waals surface area (Å²) in [6.07, 6.45) is 81.8. The van der Waals surface area contributed by atoms with Gasteiger partial charge in [0.1, 0.15) is 24.4 Å². The number of amides is 1. The topological polar surface area (TPSA) is 201 Å². The molecule has 1 aliphatic rings. The minimum absolute atomic E-state index is 0.0965. The number of aliphatic hydroxyl groups is 3. The smallest absolute Gasteiger partial charge is 0.394 e. The Morgan fingerprint density at radius 1 is 0.317 bits per heavy atom. The first-order chi connectivity index (χ1) is 58.3. The number of ether oxygens (including phenoxy) is 1. The highest BCUT2D eigenvalue weighted by Gasteiger charge is 2.49. The van der Waals surface area contributed by atoms with Crippen molar-refractivity contribution in [3.8, 4) is 0 Å². The fraction of sp³-hybridized carbons (Fsp3) is 0.639. The molecule has 698 valence electrons. The molecule has 0 saturated carbocycles. The second kappa shape index (κ2) is 69.6. The molecule has 1 rings (SSSR count). The molecule has 123 heavy (non-hydrogen) atoms. The number of phosphoric ester groups is 2. The van der Waals surface area contributed by atoms with E-state index in [1.807, 2.05) is 6.92 Å². The SMILES string of the molecule is CC(=O)N[C@H]1[C@H](OP(=O)(O)OP(=O)(O)OCCC(C)CC/C=C(\C)CC/C=C(\C)CC/C=C(\C)CC/C=C(\C)CC/C=C(\C)CC/C=C(\C)CC/C=C(\C)CC/C=C(\C)CC/C=C(\C)CC/C=C(\C)CC/C=C(\C)CC/C=C(\C)CC/C=C(\C)CC/C=C(\C)CC/C=C(\C)CC/C=C(\C)CC/C=C(\C)CC/C=C(\C)CCC=C(C)C)O[C@H](CO)[C@@H](O)[C@@H]1O. The van der Waals surface area contributed by atoms with Crippen molar-refractivity contribution in [1.29, 1.82) is 0 Å². The lowest BCUT2D eigenvalue weighted by Gasteiger charge is -2.42. The molecule has 0 aromatic carbocycles. The molecule has 1 fully saturated rings. The minimum Gasteiger partial charge on any atom is -0.394 e. The van der Waals surface area contributed by atoms with Crippen LogP contribution < -0.4 is 5.32 Å². The number of hydrogen-bond acceptors (Lipinski definition) is 10. The van der Waals surface area contributed by atoms with Gasteiger partial charge in [-0.2, -0.15) is 4.31 Å². The molecule has 15 heteroatoms. The van der Waals surface area contributed by atoms with Crippen molar-refractivity contribution in [3.05, 3.63) is 221 Å². The first-order valence-electron chi connectivity index (χ1n) is 47.3. The van der Waals surface area contributed by atoms with Gasteiger partial charge < -0.3 is 35.2 Å². The monoisotopic (exact) mass is 1740 g/mol. The highest BCUT2D eigenvalue weighted by atomic mass is 31.3. The minimum atomic E-state index is -5.41. The molecule has 0 aromatic rings. The third-order valence-electron chi connectivity index (χ3n) is 23.3. The zero-order valence-electron chi connectivity index (χ0n) is 81.9. The van der Waals surface area contributed by atoms with E-state index in [-0.39, 0.29) is 12.5 Å². The van der Waals surface area contributed by atoms with E-state index in [2.05, 4.69) is 264 Å². The van der Waals surface area contributed by atoms with Gasteiger partial charge in [-0.1, -0.05) is 228 Å². The van der Waals surface area contributed by atoms with Gasteiger partial charge in [-0.15, -0.1) is 0 Å². The summed E-state index contributed by atoms with van der Waals surface area (Å²) in [6, 6.07) is -1.57. The molecule has 0 spiro atoms. The van der Waals surface area contributed by atoms with Crippen molar-refractivity contribution in [1.82, 2.24) is 5.32 Å². The molecule has 0 radical (unpaired) electrons. The fourth-order valence-electron chi connectivity index (χ4n) is 14.7. The maximum atomic E-state index is 12.7. The van der Waals surface area contributed by atoms with E-state index in [4.69, 9.17) is 13.8 Å². The van der Waals surface area contributed by atoms with Crippen LogP contribution in [0.3, 0.4) is 0 Å². The molecule has 1 aliphatic heterocycles. The van der Waals surface area contributed by atoms with Gasteiger partial charge in [0.05, 0.1) is 13.2 Å². The van der Waals surface area contributed by atoms with Crippen LogP contribution in [0.2, 0.25) is 0 Å². The number of carbonyl (C=O) groups is 1. The average molecular weight is 1750 g/mol. The second-order valence-electron chi connectivity index (χ2n) is 36.7. The van der Waals surface area contributed by atoms with Crippen LogP contribution in [-0.4, -0.2) is 74.9 Å². The Labute approximate surface area is 753 Å². The summed E-state index contributed by atoms with van der Waals surface area (Å²) < 4.78 is 44.8. The predicted molar refractivity (Wildman–Crippen MR) is 529 cm³/mol. The van der Waals surface area contributed by atoms with Crippen molar-refractivity contribution in [2.45, 2.75) is 433 Å². The lowest BCUT2D eigenvalue weighted by atomic mass is 9.97. The van der Waals surface area contributed by atoms with Crippen LogP contribution in [0.4, 0.5) is 0 Å². The number of phosphoric acid groups is 2. The summed E-state index contributed by atoms with van der Waals surface area (Å²) in [5, 5.41) is 32.3. The molecule has 1 saturated heterocycles. The van der Waals surface area contributed by atoms with Crippen molar-refractivity contribution in [3.63, 3.8) is 0 Å². The summed E-state index contributed by atoms with van der Waals surface area (Å²) >= 11 is 0. The Hall–Kier alpha value is -5.37. The Morgan fingerprint density at radius 3 is 0.715 bits per heavy atom. The maximum Gasteiger partial charge on any atom is 0.483 e. The number of rotatable bonds is 67. The molecular formula is C108H179NO12P2. The lowest BCUT2D eigenvalue weighted by Crippen LogP contribution is -2.64. The van der Waals surface area contributed by atoms with Gasteiger partial charge in [-0.25, -0.2) is 9.13 Å². The van der Waals surface area contributed by atoms with E-state index in [0.717, 1.165) is 225 Å². The Kier molecular flexibility index (Phi) is 65.5. The van der Waals surface area contributed by atoms with Gasteiger partial charge in [-0.05, 0) is 395 Å². The highest BCUT2D eigenvalue weighted by Crippen LogP contribution is 2.61. The summed E-state index contributed by atoms with van der Waals surface area (Å²) in [5.41, 5.74) is 28.2. The number of allylic oxidation sites excluding steroid dienone is 38. The van der Waals surface area contributed by atoms with Crippen LogP contribution in [0.1, 0.15) is 403 Å². The summed E-state index contributed by atoms with van der Waals surface area (Å²) in [4.78, 5) is 32.1. The number of carbonyl (C=O) groups excluding carboxylic acids is 1. The molecular weight excluding hydrogens is 1570 g/mol. The number of nitrogens with one attached hydrogen (secondary N) is 1. The molecule has 13 nitrogen and oxygen atoms in total. The van der Waals surface area contributed by atoms with Crippen molar-refractivity contribution in [2.24, 2.45) is 5.92 Å². The van der Waals surface area contributed by atoms with Crippen LogP contribution in [0.15, 0.2) is 221 Å². The Bertz CT molecular complexity index is 3780. The van der Waals surface area contributed by atoms with E-state index < -0.39 is 58.8 Å². The van der Waals surface area contributed by atoms with Gasteiger partial charge >= 0.3 is 15.6 Å². The maximum absolute atomic E-state index is 12.7. The molecule has 6 N–H and O–H groups in total. The van der Waals surface area contributed by atoms with Crippen molar-refractivity contribution in [2.75, 3.05) is 13.2 Å². The lowest BCUT2D eigenvalue weighted by molar-refractivity contribution is -0.247. The average Bonchev–Trinajstić information content (AvgIpc) is 0.792.